The van der Waals surface area contributed by atoms with Gasteiger partial charge in [0.15, 0.2) is 0 Å². The Morgan fingerprint density at radius 3 is 2.06 bits per heavy atom. The third kappa shape index (κ3) is 2.24. The van der Waals surface area contributed by atoms with Gasteiger partial charge in [0.05, 0.1) is 0 Å². The molecule has 0 saturated carbocycles. The molecule has 0 N–H and O–H groups in total. The van der Waals surface area contributed by atoms with Gasteiger partial charge >= 0.3 is 192 Å². The summed E-state index contributed by atoms with van der Waals surface area (Å²) in [6.45, 7) is 0. The van der Waals surface area contributed by atoms with E-state index < -0.39 is 13.5 Å². The predicted octanol–water partition coefficient (Wildman–Crippen LogP) is 6.29. The molecule has 152 valence electrons. The second-order valence-corrected chi connectivity index (χ2v) is 16.8. The molecule has 4 aromatic carbocycles. The van der Waals surface area contributed by atoms with Gasteiger partial charge in [-0.25, -0.2) is 0 Å². The van der Waals surface area contributed by atoms with E-state index in [1.165, 1.54) is 38.0 Å². The molecule has 0 fully saturated rings. The van der Waals surface area contributed by atoms with Crippen LogP contribution in [0.2, 0.25) is 4.75 Å². The Hall–Kier alpha value is -3.30. The van der Waals surface area contributed by atoms with Crippen molar-refractivity contribution in [1.82, 2.24) is 0 Å². The number of rotatable bonds is 1. The van der Waals surface area contributed by atoms with E-state index in [2.05, 4.69) is 125 Å². The van der Waals surface area contributed by atoms with Crippen LogP contribution in [-0.4, -0.2) is 13.5 Å². The molecule has 0 radical (unpaired) electrons. The van der Waals surface area contributed by atoms with Gasteiger partial charge in [-0.1, -0.05) is 0 Å². The van der Waals surface area contributed by atoms with Crippen molar-refractivity contribution in [2.45, 2.75) is 11.2 Å². The summed E-state index contributed by atoms with van der Waals surface area (Å²) in [5, 5.41) is 0. The molecule has 0 aromatic heterocycles. The molecule has 2 heteroatoms. The normalized spacial score (nSPS) is 22.1. The zero-order valence-corrected chi connectivity index (χ0v) is 19.9. The van der Waals surface area contributed by atoms with E-state index in [1.54, 1.807) is 4.40 Å². The molecule has 3 aliphatic rings. The van der Waals surface area contributed by atoms with Gasteiger partial charge in [0.25, 0.3) is 0 Å². The van der Waals surface area contributed by atoms with Crippen molar-refractivity contribution in [1.29, 1.82) is 0 Å². The Kier molecular flexibility index (Phi) is 3.92. The van der Waals surface area contributed by atoms with E-state index in [4.69, 9.17) is 0 Å². The summed E-state index contributed by atoms with van der Waals surface area (Å²) >= 11 is -3.20. The number of benzene rings is 4. The SMILES string of the molecule is C1=CC[CH]2C(=C1)c1ccccc1[N]1c3ccccc3-c3cccc[c]3[Ge]21[c]1ccccc1. The Labute approximate surface area is 191 Å². The van der Waals surface area contributed by atoms with Crippen molar-refractivity contribution in [3.05, 3.63) is 127 Å². The van der Waals surface area contributed by atoms with E-state index in [-0.39, 0.29) is 0 Å². The van der Waals surface area contributed by atoms with Gasteiger partial charge in [-0.15, -0.1) is 0 Å². The number of hydrogen-bond donors (Lipinski definition) is 0. The van der Waals surface area contributed by atoms with Crippen molar-refractivity contribution in [2.75, 3.05) is 3.86 Å². The maximum absolute atomic E-state index is 3.20. The first-order chi connectivity index (χ1) is 15.9. The summed E-state index contributed by atoms with van der Waals surface area (Å²) in [5.74, 6) is 0. The summed E-state index contributed by atoms with van der Waals surface area (Å²) in [5.41, 5.74) is 8.45. The fourth-order valence-corrected chi connectivity index (χ4v) is 18.7. The second-order valence-electron chi connectivity index (χ2n) is 8.89. The molecule has 32 heavy (non-hydrogen) atoms. The molecule has 1 nitrogen and oxygen atoms in total. The quantitative estimate of drug-likeness (QED) is 0.296. The predicted molar refractivity (Wildman–Crippen MR) is 137 cm³/mol. The van der Waals surface area contributed by atoms with Crippen molar-refractivity contribution in [3.8, 4) is 11.1 Å². The van der Waals surface area contributed by atoms with E-state index in [0.29, 0.717) is 4.75 Å². The van der Waals surface area contributed by atoms with Crippen LogP contribution in [0.4, 0.5) is 11.4 Å². The van der Waals surface area contributed by atoms with Gasteiger partial charge in [-0.3, -0.25) is 0 Å². The topological polar surface area (TPSA) is 3.24 Å². The van der Waals surface area contributed by atoms with Crippen LogP contribution >= 0.6 is 0 Å². The Bertz CT molecular complexity index is 1420. The minimum atomic E-state index is -3.20. The maximum atomic E-state index is 2.84. The van der Waals surface area contributed by atoms with Gasteiger partial charge in [0.1, 0.15) is 0 Å². The van der Waals surface area contributed by atoms with Crippen molar-refractivity contribution < 1.29 is 0 Å². The van der Waals surface area contributed by atoms with Crippen LogP contribution < -0.4 is 12.6 Å². The van der Waals surface area contributed by atoms with Crippen LogP contribution in [0.3, 0.4) is 0 Å². The summed E-state index contributed by atoms with van der Waals surface area (Å²) in [4.78, 5) is 0. The summed E-state index contributed by atoms with van der Waals surface area (Å²) in [7, 11) is 0. The number of anilines is 2. The van der Waals surface area contributed by atoms with E-state index in [9.17, 15) is 0 Å². The molecular formula is C30H23GeN. The summed E-state index contributed by atoms with van der Waals surface area (Å²) < 4.78 is 6.46. The first kappa shape index (κ1) is 18.3. The van der Waals surface area contributed by atoms with Crippen molar-refractivity contribution in [3.63, 3.8) is 0 Å². The second kappa shape index (κ2) is 6.85. The molecule has 0 spiro atoms. The number of para-hydroxylation sites is 2. The zero-order chi connectivity index (χ0) is 21.1. The molecule has 1 aliphatic carbocycles. The zero-order valence-electron chi connectivity index (χ0n) is 17.8. The molecule has 0 saturated heterocycles. The van der Waals surface area contributed by atoms with Gasteiger partial charge in [0.2, 0.25) is 0 Å². The third-order valence-corrected chi connectivity index (χ3v) is 18.4. The van der Waals surface area contributed by atoms with Crippen LogP contribution in [0.25, 0.3) is 16.7 Å². The molecule has 2 heterocycles. The molecule has 2 atom stereocenters. The standard InChI is InChI=1S/C30H23GeN/c1-2-12-22(13-3-1)31-27-18-8-4-14-23(27)25-16-6-10-20-29(25)32(31)30-21-11-7-17-26(30)24-15-5-9-19-28(24)31/h1-18,20-21,28H,19H2. The summed E-state index contributed by atoms with van der Waals surface area (Å²) in [6.07, 6.45) is 8.15. The molecule has 0 bridgehead atoms. The number of hydrogen-bond acceptors (Lipinski definition) is 1. The first-order valence-corrected chi connectivity index (χ1v) is 15.7. The molecule has 2 aliphatic heterocycles. The fourth-order valence-electron chi connectivity index (χ4n) is 6.31. The number of nitrogens with zero attached hydrogens (tertiary/aromatic N) is 1. The Balaban J connectivity index is 1.71. The van der Waals surface area contributed by atoms with E-state index >= 15 is 0 Å². The number of allylic oxidation sites excluding steroid dienone is 4. The van der Waals surface area contributed by atoms with Crippen LogP contribution in [0.5, 0.6) is 0 Å². The van der Waals surface area contributed by atoms with Gasteiger partial charge in [0, 0.05) is 0 Å². The fraction of sp³-hybridized carbons (Fsp3) is 0.0667. The monoisotopic (exact) mass is 471 g/mol. The minimum absolute atomic E-state index is 0.506. The van der Waals surface area contributed by atoms with Crippen LogP contribution in [-0.2, 0) is 0 Å². The van der Waals surface area contributed by atoms with E-state index in [0.717, 1.165) is 6.42 Å². The van der Waals surface area contributed by atoms with Crippen molar-refractivity contribution in [2.24, 2.45) is 0 Å². The molecule has 4 aromatic rings. The van der Waals surface area contributed by atoms with Crippen molar-refractivity contribution >= 4 is 39.2 Å². The number of fused-ring (bicyclic) bond motifs is 11. The van der Waals surface area contributed by atoms with E-state index in [1.807, 2.05) is 0 Å². The first-order valence-electron chi connectivity index (χ1n) is 11.4. The van der Waals surface area contributed by atoms with Gasteiger partial charge in [-0.2, -0.15) is 0 Å². The Morgan fingerprint density at radius 2 is 1.25 bits per heavy atom. The molecule has 7 rings (SSSR count). The summed E-state index contributed by atoms with van der Waals surface area (Å²) in [6, 6.07) is 38.8. The molecular weight excluding hydrogens is 447 g/mol. The van der Waals surface area contributed by atoms with Crippen LogP contribution in [0.1, 0.15) is 12.0 Å². The average molecular weight is 470 g/mol. The third-order valence-electron chi connectivity index (χ3n) is 7.46. The molecule has 0 amide bonds. The van der Waals surface area contributed by atoms with Crippen LogP contribution in [0.15, 0.2) is 121 Å². The van der Waals surface area contributed by atoms with Gasteiger partial charge in [-0.05, 0) is 0 Å². The Morgan fingerprint density at radius 1 is 0.625 bits per heavy atom. The average Bonchev–Trinajstić information content (AvgIpc) is 2.89. The molecule has 2 unspecified atom stereocenters. The van der Waals surface area contributed by atoms with Crippen LogP contribution in [0, 0.1) is 0 Å². The van der Waals surface area contributed by atoms with Gasteiger partial charge < -0.3 is 0 Å².